The molecule has 2 saturated heterocycles. The molecule has 0 aromatic carbocycles. The second kappa shape index (κ2) is 23.6. The molecule has 0 radical (unpaired) electrons. The van der Waals surface area contributed by atoms with Gasteiger partial charge < -0.3 is 34.3 Å². The molecule has 2 fully saturated rings. The van der Waals surface area contributed by atoms with E-state index in [2.05, 4.69) is 28.1 Å². The van der Waals surface area contributed by atoms with Gasteiger partial charge in [0.25, 0.3) is 0 Å². The molecule has 2 aliphatic rings. The highest BCUT2D eigenvalue weighted by Crippen LogP contribution is 2.52. The lowest BCUT2D eigenvalue weighted by molar-refractivity contribution is -0.204. The van der Waals surface area contributed by atoms with Crippen molar-refractivity contribution in [3.8, 4) is 12.1 Å². The third-order valence-electron chi connectivity index (χ3n) is 10.9. The molecule has 0 spiro atoms. The van der Waals surface area contributed by atoms with Crippen LogP contribution in [0.1, 0.15) is 147 Å². The zero-order chi connectivity index (χ0) is 42.9. The third kappa shape index (κ3) is 14.0. The minimum atomic E-state index is -4.80. The topological polar surface area (TPSA) is 219 Å². The van der Waals surface area contributed by atoms with Crippen molar-refractivity contribution in [3.05, 3.63) is 53.7 Å². The number of aromatic nitrogens is 4. The van der Waals surface area contributed by atoms with Gasteiger partial charge in [0.1, 0.15) is 60.7 Å². The molecule has 0 saturated carbocycles. The Balaban J connectivity index is 1.07. The van der Waals surface area contributed by atoms with Gasteiger partial charge in [-0.2, -0.15) is 15.6 Å². The highest BCUT2D eigenvalue weighted by atomic mass is 31.2. The number of phosphoric acid groups is 1. The number of nitrogens with two attached hydrogens (primary N) is 1. The van der Waals surface area contributed by atoms with Crippen molar-refractivity contribution >= 4 is 19.2 Å². The van der Waals surface area contributed by atoms with E-state index >= 15 is 0 Å². The monoisotopic (exact) mass is 853 g/mol. The average molecular weight is 854 g/mol. The fraction of sp³-hybridized carbons (Fsp3) is 0.698. The van der Waals surface area contributed by atoms with Gasteiger partial charge in [-0.15, -0.1) is 0 Å². The first-order chi connectivity index (χ1) is 29.0. The molecule has 3 aromatic heterocycles. The Hall–Kier alpha value is -3.54. The smallest absolute Gasteiger partial charge is 0.382 e. The fourth-order valence-electron chi connectivity index (χ4n) is 7.72. The number of unbranched alkanes of at least 4 members (excludes halogenated alkanes) is 15. The van der Waals surface area contributed by atoms with Gasteiger partial charge in [0.2, 0.25) is 5.60 Å². The molecular formula is C43H64N7O9P. The summed E-state index contributed by atoms with van der Waals surface area (Å²) in [6.07, 6.45) is 18.3. The molecule has 0 amide bonds. The van der Waals surface area contributed by atoms with E-state index < -0.39 is 50.2 Å². The standard InChI is InChI=1S/C43H64N7O9P/c1-4-5-6-7-8-9-10-11-12-13-14-15-16-17-18-19-25-53-28-35(54-27-34-22-20-21-33(26-44)49-34)29-55-60(51,52)56-31-43(30-45)40-39(57-42(2,3)59-40)38(58-43)36-23-24-37-41(46)47-32-48-50(36)37/h20-24,32,35,38-40H,4-19,25,27-29,31H2,1-3H3,(H,51,52)(H2,46,47,48)/t35-,38+,39+,40+,43-/m1/s1. The van der Waals surface area contributed by atoms with E-state index in [9.17, 15) is 20.0 Å². The van der Waals surface area contributed by atoms with Crippen molar-refractivity contribution in [2.75, 3.05) is 32.2 Å². The normalized spacial score (nSPS) is 22.3. The van der Waals surface area contributed by atoms with Crippen LogP contribution in [-0.2, 0) is 43.9 Å². The third-order valence-corrected chi connectivity index (χ3v) is 11.8. The van der Waals surface area contributed by atoms with Crippen molar-refractivity contribution in [1.29, 1.82) is 10.5 Å². The Morgan fingerprint density at radius 2 is 1.57 bits per heavy atom. The summed E-state index contributed by atoms with van der Waals surface area (Å²) < 4.78 is 56.4. The molecule has 6 atom stereocenters. The zero-order valence-corrected chi connectivity index (χ0v) is 36.4. The molecule has 2 aliphatic heterocycles. The Kier molecular flexibility index (Phi) is 18.7. The van der Waals surface area contributed by atoms with Crippen molar-refractivity contribution in [1.82, 2.24) is 19.6 Å². The van der Waals surface area contributed by atoms with Gasteiger partial charge in [-0.3, -0.25) is 9.05 Å². The Morgan fingerprint density at radius 1 is 0.900 bits per heavy atom. The number of nitriles is 2. The number of fused-ring (bicyclic) bond motifs is 2. The SMILES string of the molecule is CCCCCCCCCCCCCCCCCCOC[C@H](COP(=O)(O)OC[C@@]1(C#N)O[C@@H](c2ccc3c(N)ncnn23)[C@@H]2OC(C)(C)O[C@@H]21)OCc1cccc(C#N)n1. The van der Waals surface area contributed by atoms with Gasteiger partial charge in [-0.1, -0.05) is 109 Å². The van der Waals surface area contributed by atoms with E-state index in [1.165, 1.54) is 89.8 Å². The van der Waals surface area contributed by atoms with Gasteiger partial charge in [-0.05, 0) is 44.5 Å². The zero-order valence-electron chi connectivity index (χ0n) is 35.5. The van der Waals surface area contributed by atoms with Crippen LogP contribution in [0, 0.1) is 22.7 Å². The summed E-state index contributed by atoms with van der Waals surface area (Å²) in [5, 5.41) is 24.1. The summed E-state index contributed by atoms with van der Waals surface area (Å²) >= 11 is 0. The van der Waals surface area contributed by atoms with Crippen LogP contribution in [-0.4, -0.2) is 80.6 Å². The number of hydrogen-bond donors (Lipinski definition) is 2. The molecule has 1 unspecified atom stereocenters. The fourth-order valence-corrected chi connectivity index (χ4v) is 8.50. The molecule has 16 nitrogen and oxygen atoms in total. The van der Waals surface area contributed by atoms with E-state index in [0.29, 0.717) is 23.5 Å². The summed E-state index contributed by atoms with van der Waals surface area (Å²) in [6.45, 7) is 5.20. The van der Waals surface area contributed by atoms with Crippen LogP contribution in [0.2, 0.25) is 0 Å². The van der Waals surface area contributed by atoms with Crippen molar-refractivity contribution in [2.24, 2.45) is 0 Å². The summed E-state index contributed by atoms with van der Waals surface area (Å²) in [7, 11) is -4.80. The highest BCUT2D eigenvalue weighted by molar-refractivity contribution is 7.47. The van der Waals surface area contributed by atoms with Crippen LogP contribution in [0.25, 0.3) is 5.52 Å². The molecule has 60 heavy (non-hydrogen) atoms. The number of pyridine rings is 1. The molecule has 3 aromatic rings. The molecule has 3 N–H and O–H groups in total. The first-order valence-electron chi connectivity index (χ1n) is 21.7. The summed E-state index contributed by atoms with van der Waals surface area (Å²) in [4.78, 5) is 19.2. The molecule has 5 rings (SSSR count). The maximum atomic E-state index is 13.4. The quantitative estimate of drug-likeness (QED) is 0.0494. The van der Waals surface area contributed by atoms with Crippen LogP contribution in [0.3, 0.4) is 0 Å². The molecule has 0 bridgehead atoms. The van der Waals surface area contributed by atoms with Gasteiger partial charge in [0, 0.05) is 6.61 Å². The maximum absolute atomic E-state index is 13.4. The molecule has 17 heteroatoms. The number of rotatable bonds is 29. The second-order valence-corrected chi connectivity index (χ2v) is 17.7. The van der Waals surface area contributed by atoms with Crippen molar-refractivity contribution < 1.29 is 42.2 Å². The van der Waals surface area contributed by atoms with Gasteiger partial charge >= 0.3 is 7.82 Å². The van der Waals surface area contributed by atoms with E-state index in [0.717, 1.165) is 19.3 Å². The predicted molar refractivity (Wildman–Crippen MR) is 223 cm³/mol. The summed E-state index contributed by atoms with van der Waals surface area (Å²) in [6, 6.07) is 12.6. The number of nitrogen functional groups attached to an aromatic ring is 1. The molecule has 0 aliphatic carbocycles. The minimum absolute atomic E-state index is 0.0104. The minimum Gasteiger partial charge on any atom is -0.382 e. The summed E-state index contributed by atoms with van der Waals surface area (Å²) in [5.74, 6) is -0.846. The van der Waals surface area contributed by atoms with Crippen LogP contribution in [0.15, 0.2) is 36.7 Å². The van der Waals surface area contributed by atoms with Crippen LogP contribution < -0.4 is 5.73 Å². The maximum Gasteiger partial charge on any atom is 0.472 e. The van der Waals surface area contributed by atoms with Crippen LogP contribution in [0.5, 0.6) is 0 Å². The Morgan fingerprint density at radius 3 is 2.22 bits per heavy atom. The van der Waals surface area contributed by atoms with Gasteiger partial charge in [0.05, 0.1) is 31.2 Å². The number of ether oxygens (including phenoxy) is 5. The van der Waals surface area contributed by atoms with E-state index in [1.54, 1.807) is 48.7 Å². The number of phosphoric ester groups is 1. The highest BCUT2D eigenvalue weighted by Gasteiger charge is 2.65. The number of nitrogens with zero attached hydrogens (tertiary/aromatic N) is 6. The van der Waals surface area contributed by atoms with Crippen molar-refractivity contribution in [3.63, 3.8) is 0 Å². The lowest BCUT2D eigenvalue weighted by Crippen LogP contribution is -2.45. The number of hydrogen-bond acceptors (Lipinski definition) is 14. The van der Waals surface area contributed by atoms with Crippen LogP contribution in [0.4, 0.5) is 5.82 Å². The van der Waals surface area contributed by atoms with E-state index in [-0.39, 0.29) is 31.3 Å². The number of anilines is 1. The second-order valence-electron chi connectivity index (χ2n) is 16.2. The first-order valence-corrected chi connectivity index (χ1v) is 23.2. The van der Waals surface area contributed by atoms with Crippen molar-refractivity contribution in [2.45, 2.75) is 166 Å². The van der Waals surface area contributed by atoms with Gasteiger partial charge in [-0.25, -0.2) is 19.0 Å². The van der Waals surface area contributed by atoms with Gasteiger partial charge in [0.15, 0.2) is 11.6 Å². The Bertz CT molecular complexity index is 1900. The largest absolute Gasteiger partial charge is 0.472 e. The molecular weight excluding hydrogens is 789 g/mol. The molecule has 330 valence electrons. The lowest BCUT2D eigenvalue weighted by Gasteiger charge is -2.29. The predicted octanol–water partition coefficient (Wildman–Crippen LogP) is 8.43. The summed E-state index contributed by atoms with van der Waals surface area (Å²) in [5.41, 5.74) is 5.98. The van der Waals surface area contributed by atoms with Crippen LogP contribution >= 0.6 is 7.82 Å². The molecule has 5 heterocycles. The Labute approximate surface area is 354 Å². The van der Waals surface area contributed by atoms with E-state index in [4.69, 9.17) is 38.5 Å². The lowest BCUT2D eigenvalue weighted by atomic mass is 9.96. The van der Waals surface area contributed by atoms with E-state index in [1.807, 2.05) is 6.07 Å². The first kappa shape index (κ1) is 47.5. The average Bonchev–Trinajstić information content (AvgIpc) is 3.90.